The number of benzene rings is 1. The molecule has 3 atom stereocenters. The largest absolute Gasteiger partial charge is 0.416 e. The van der Waals surface area contributed by atoms with Gasteiger partial charge in [0.25, 0.3) is 0 Å². The van der Waals surface area contributed by atoms with Crippen LogP contribution in [0.5, 0.6) is 0 Å². The molecule has 118 valence electrons. The number of ether oxygens (including phenoxy) is 2. The normalized spacial score (nSPS) is 25.5. The molecule has 0 spiro atoms. The van der Waals surface area contributed by atoms with Gasteiger partial charge in [0.2, 0.25) is 0 Å². The zero-order valence-electron chi connectivity index (χ0n) is 11.7. The van der Waals surface area contributed by atoms with Gasteiger partial charge < -0.3 is 14.8 Å². The van der Waals surface area contributed by atoms with Gasteiger partial charge in [-0.2, -0.15) is 13.2 Å². The lowest BCUT2D eigenvalue weighted by atomic mass is 9.85. The molecule has 1 fully saturated rings. The lowest BCUT2D eigenvalue weighted by Crippen LogP contribution is -2.56. The molecule has 0 aromatic heterocycles. The first kappa shape index (κ1) is 16.6. The van der Waals surface area contributed by atoms with Gasteiger partial charge in [-0.15, -0.1) is 0 Å². The Morgan fingerprint density at radius 1 is 1.38 bits per heavy atom. The Morgan fingerprint density at radius 2 is 2.10 bits per heavy atom. The average molecular weight is 368 g/mol. The fourth-order valence-electron chi connectivity index (χ4n) is 2.43. The van der Waals surface area contributed by atoms with Crippen molar-refractivity contribution in [3.63, 3.8) is 0 Å². The second kappa shape index (κ2) is 6.54. The van der Waals surface area contributed by atoms with Crippen LogP contribution in [0, 0.1) is 0 Å². The summed E-state index contributed by atoms with van der Waals surface area (Å²) in [6.45, 7) is 2.49. The number of hydrogen-bond acceptors (Lipinski definition) is 3. The van der Waals surface area contributed by atoms with Crippen LogP contribution in [-0.4, -0.2) is 32.0 Å². The number of anilines is 1. The molecule has 3 unspecified atom stereocenters. The highest BCUT2D eigenvalue weighted by Gasteiger charge is 2.42. The van der Waals surface area contributed by atoms with Gasteiger partial charge in [-0.05, 0) is 47.5 Å². The summed E-state index contributed by atoms with van der Waals surface area (Å²) < 4.78 is 49.7. The molecule has 1 N–H and O–H groups in total. The van der Waals surface area contributed by atoms with Crippen molar-refractivity contribution in [3.8, 4) is 0 Å². The monoisotopic (exact) mass is 367 g/mol. The summed E-state index contributed by atoms with van der Waals surface area (Å²) in [4.78, 5) is 0. The Balaban J connectivity index is 2.10. The van der Waals surface area contributed by atoms with Gasteiger partial charge >= 0.3 is 6.18 Å². The van der Waals surface area contributed by atoms with Crippen LogP contribution in [0.3, 0.4) is 0 Å². The number of hydrogen-bond donors (Lipinski definition) is 1. The van der Waals surface area contributed by atoms with Crippen molar-refractivity contribution in [2.75, 3.05) is 19.0 Å². The zero-order chi connectivity index (χ0) is 15.6. The van der Waals surface area contributed by atoms with Crippen molar-refractivity contribution in [2.24, 2.45) is 0 Å². The summed E-state index contributed by atoms with van der Waals surface area (Å²) in [5, 5.41) is 3.10. The van der Waals surface area contributed by atoms with E-state index in [1.807, 2.05) is 6.92 Å². The van der Waals surface area contributed by atoms with Gasteiger partial charge in [0.05, 0.1) is 17.7 Å². The standard InChI is InChI=1S/C14H17BrF3NO2/c1-3-21-12-7-11(13(12)20-2)19-10-6-8(14(16,17)18)4-5-9(10)15/h4-6,11-13,19H,3,7H2,1-2H3. The first-order valence-corrected chi connectivity index (χ1v) is 7.43. The second-order valence-electron chi connectivity index (χ2n) is 4.87. The Labute approximate surface area is 129 Å². The molecule has 0 amide bonds. The molecule has 21 heavy (non-hydrogen) atoms. The molecule has 1 aromatic rings. The molecule has 1 saturated carbocycles. The summed E-state index contributed by atoms with van der Waals surface area (Å²) in [6, 6.07) is 3.48. The quantitative estimate of drug-likeness (QED) is 0.850. The van der Waals surface area contributed by atoms with E-state index in [1.165, 1.54) is 6.07 Å². The second-order valence-corrected chi connectivity index (χ2v) is 5.73. The van der Waals surface area contributed by atoms with E-state index >= 15 is 0 Å². The molecule has 1 aliphatic rings. The minimum Gasteiger partial charge on any atom is -0.379 e. The van der Waals surface area contributed by atoms with E-state index in [-0.39, 0.29) is 18.2 Å². The van der Waals surface area contributed by atoms with Crippen LogP contribution in [0.4, 0.5) is 18.9 Å². The number of rotatable bonds is 5. The third-order valence-corrected chi connectivity index (χ3v) is 4.23. The first-order chi connectivity index (χ1) is 9.86. The molecule has 1 aromatic carbocycles. The molecule has 2 rings (SSSR count). The van der Waals surface area contributed by atoms with Crippen LogP contribution in [0.25, 0.3) is 0 Å². The van der Waals surface area contributed by atoms with Crippen molar-refractivity contribution in [1.29, 1.82) is 0 Å². The summed E-state index contributed by atoms with van der Waals surface area (Å²) in [5.41, 5.74) is -0.269. The lowest BCUT2D eigenvalue weighted by molar-refractivity contribution is -0.137. The van der Waals surface area contributed by atoms with Crippen molar-refractivity contribution in [1.82, 2.24) is 0 Å². The predicted molar refractivity (Wildman–Crippen MR) is 77.4 cm³/mol. The Morgan fingerprint density at radius 3 is 2.67 bits per heavy atom. The van der Waals surface area contributed by atoms with Crippen LogP contribution in [0.15, 0.2) is 22.7 Å². The molecule has 0 radical (unpaired) electrons. The SMILES string of the molecule is CCOC1CC(Nc2cc(C(F)(F)F)ccc2Br)C1OC. The van der Waals surface area contributed by atoms with Crippen molar-refractivity contribution in [2.45, 2.75) is 37.8 Å². The molecule has 0 bridgehead atoms. The molecular weight excluding hydrogens is 351 g/mol. The fraction of sp³-hybridized carbons (Fsp3) is 0.571. The van der Waals surface area contributed by atoms with Crippen LogP contribution < -0.4 is 5.32 Å². The van der Waals surface area contributed by atoms with Crippen LogP contribution >= 0.6 is 15.9 Å². The van der Waals surface area contributed by atoms with Gasteiger partial charge in [0, 0.05) is 23.9 Å². The highest BCUT2D eigenvalue weighted by Crippen LogP contribution is 2.36. The zero-order valence-corrected chi connectivity index (χ0v) is 13.3. The Kier molecular flexibility index (Phi) is 5.16. The summed E-state index contributed by atoms with van der Waals surface area (Å²) >= 11 is 3.26. The van der Waals surface area contributed by atoms with Crippen molar-refractivity contribution in [3.05, 3.63) is 28.2 Å². The third-order valence-electron chi connectivity index (χ3n) is 3.54. The number of nitrogens with one attached hydrogen (secondary N) is 1. The van der Waals surface area contributed by atoms with Crippen LogP contribution in [-0.2, 0) is 15.7 Å². The van der Waals surface area contributed by atoms with Crippen LogP contribution in [0.2, 0.25) is 0 Å². The lowest BCUT2D eigenvalue weighted by Gasteiger charge is -2.44. The van der Waals surface area contributed by atoms with E-state index in [4.69, 9.17) is 9.47 Å². The van der Waals surface area contributed by atoms with Gasteiger partial charge in [0.1, 0.15) is 6.10 Å². The molecule has 1 aliphatic carbocycles. The van der Waals surface area contributed by atoms with Crippen molar-refractivity contribution >= 4 is 21.6 Å². The topological polar surface area (TPSA) is 30.5 Å². The van der Waals surface area contributed by atoms with E-state index < -0.39 is 11.7 Å². The van der Waals surface area contributed by atoms with Gasteiger partial charge in [-0.3, -0.25) is 0 Å². The molecular formula is C14H17BrF3NO2. The summed E-state index contributed by atoms with van der Waals surface area (Å²) in [7, 11) is 1.58. The maximum Gasteiger partial charge on any atom is 0.416 e. The van der Waals surface area contributed by atoms with E-state index in [9.17, 15) is 13.2 Å². The van der Waals surface area contributed by atoms with Crippen LogP contribution in [0.1, 0.15) is 18.9 Å². The van der Waals surface area contributed by atoms with Gasteiger partial charge in [-0.25, -0.2) is 0 Å². The highest BCUT2D eigenvalue weighted by molar-refractivity contribution is 9.10. The van der Waals surface area contributed by atoms with E-state index in [0.29, 0.717) is 23.2 Å². The minimum atomic E-state index is -4.36. The Hall–Kier alpha value is -0.790. The van der Waals surface area contributed by atoms with E-state index in [2.05, 4.69) is 21.2 Å². The van der Waals surface area contributed by atoms with E-state index in [0.717, 1.165) is 12.1 Å². The molecule has 7 heteroatoms. The van der Waals surface area contributed by atoms with Gasteiger partial charge in [0.15, 0.2) is 0 Å². The first-order valence-electron chi connectivity index (χ1n) is 6.64. The molecule has 3 nitrogen and oxygen atoms in total. The molecule has 0 saturated heterocycles. The minimum absolute atomic E-state index is 0.0120. The maximum absolute atomic E-state index is 12.8. The highest BCUT2D eigenvalue weighted by atomic mass is 79.9. The molecule has 0 aliphatic heterocycles. The fourth-order valence-corrected chi connectivity index (χ4v) is 2.79. The maximum atomic E-state index is 12.8. The average Bonchev–Trinajstić information content (AvgIpc) is 2.38. The summed E-state index contributed by atoms with van der Waals surface area (Å²) in [5.74, 6) is 0. The number of alkyl halides is 3. The smallest absolute Gasteiger partial charge is 0.379 e. The van der Waals surface area contributed by atoms with E-state index in [1.54, 1.807) is 7.11 Å². The van der Waals surface area contributed by atoms with Crippen molar-refractivity contribution < 1.29 is 22.6 Å². The van der Waals surface area contributed by atoms with Gasteiger partial charge in [-0.1, -0.05) is 0 Å². The molecule has 0 heterocycles. The number of methoxy groups -OCH3 is 1. The number of halogens is 4. The predicted octanol–water partition coefficient (Wildman–Crippen LogP) is 4.07. The third kappa shape index (κ3) is 3.70. The Bertz CT molecular complexity index is 496. The summed E-state index contributed by atoms with van der Waals surface area (Å²) in [6.07, 6.45) is -3.83.